The summed E-state index contributed by atoms with van der Waals surface area (Å²) in [6.45, 7) is 2.17. The van der Waals surface area contributed by atoms with E-state index in [0.29, 0.717) is 24.3 Å². The fourth-order valence-corrected chi connectivity index (χ4v) is 1.52. The van der Waals surface area contributed by atoms with Gasteiger partial charge in [-0.15, -0.1) is 0 Å². The summed E-state index contributed by atoms with van der Waals surface area (Å²) >= 11 is 0. The fourth-order valence-electron chi connectivity index (χ4n) is 1.52. The predicted octanol–water partition coefficient (Wildman–Crippen LogP) is 0.533. The largest absolute Gasteiger partial charge is 0.504 e. The summed E-state index contributed by atoms with van der Waals surface area (Å²) in [6, 6.07) is 3.75. The van der Waals surface area contributed by atoms with Gasteiger partial charge < -0.3 is 20.3 Å². The minimum atomic E-state index is -1.16. The molecule has 0 aromatic heterocycles. The average Bonchev–Trinajstić information content (AvgIpc) is 2.33. The van der Waals surface area contributed by atoms with E-state index in [4.69, 9.17) is 9.84 Å². The topological polar surface area (TPSA) is 95.9 Å². The van der Waals surface area contributed by atoms with Gasteiger partial charge >= 0.3 is 5.97 Å². The number of ether oxygens (including phenoxy) is 1. The van der Waals surface area contributed by atoms with Crippen molar-refractivity contribution in [1.29, 1.82) is 0 Å². The highest BCUT2D eigenvalue weighted by molar-refractivity contribution is 5.76. The number of hydrogen-bond donors (Lipinski definition) is 3. The molecule has 0 bridgehead atoms. The van der Waals surface area contributed by atoms with Crippen LogP contribution in [0.5, 0.6) is 11.5 Å². The van der Waals surface area contributed by atoms with Crippen molar-refractivity contribution in [2.75, 3.05) is 6.61 Å². The van der Waals surface area contributed by atoms with Crippen LogP contribution in [0.2, 0.25) is 0 Å². The van der Waals surface area contributed by atoms with Gasteiger partial charge in [-0.1, -0.05) is 12.1 Å². The number of hydrogen-bond acceptors (Lipinski definition) is 4. The summed E-state index contributed by atoms with van der Waals surface area (Å²) in [5.74, 6) is -0.966. The molecule has 0 saturated heterocycles. The molecule has 3 N–H and O–H groups in total. The molecule has 98 valence electrons. The SMILES string of the molecule is CCOc1cccc(CC(NC=O)C(=O)O)c1O. The highest BCUT2D eigenvalue weighted by atomic mass is 16.5. The van der Waals surface area contributed by atoms with Gasteiger partial charge in [0.2, 0.25) is 6.41 Å². The van der Waals surface area contributed by atoms with E-state index in [-0.39, 0.29) is 12.2 Å². The van der Waals surface area contributed by atoms with Crippen molar-refractivity contribution >= 4 is 12.4 Å². The first kappa shape index (κ1) is 13.8. The third-order valence-electron chi connectivity index (χ3n) is 2.37. The molecule has 18 heavy (non-hydrogen) atoms. The lowest BCUT2D eigenvalue weighted by atomic mass is 10.0. The maximum absolute atomic E-state index is 10.9. The fraction of sp³-hybridized carbons (Fsp3) is 0.333. The smallest absolute Gasteiger partial charge is 0.326 e. The molecule has 1 unspecified atom stereocenters. The van der Waals surface area contributed by atoms with Gasteiger partial charge in [0, 0.05) is 12.0 Å². The zero-order chi connectivity index (χ0) is 13.5. The van der Waals surface area contributed by atoms with Crippen LogP contribution in [0.15, 0.2) is 18.2 Å². The van der Waals surface area contributed by atoms with E-state index in [2.05, 4.69) is 5.32 Å². The molecule has 0 saturated carbocycles. The van der Waals surface area contributed by atoms with E-state index in [0.717, 1.165) is 0 Å². The van der Waals surface area contributed by atoms with Crippen LogP contribution >= 0.6 is 0 Å². The molecule has 1 rings (SSSR count). The minimum Gasteiger partial charge on any atom is -0.504 e. The van der Waals surface area contributed by atoms with E-state index in [9.17, 15) is 14.7 Å². The number of phenolic OH excluding ortho intramolecular Hbond substituents is 1. The number of para-hydroxylation sites is 1. The van der Waals surface area contributed by atoms with Crippen molar-refractivity contribution in [3.8, 4) is 11.5 Å². The van der Waals surface area contributed by atoms with E-state index >= 15 is 0 Å². The standard InChI is InChI=1S/C12H15NO5/c1-2-18-10-5-3-4-8(11(10)15)6-9(12(16)17)13-7-14/h3-5,7,9,15H,2,6H2,1H3,(H,13,14)(H,16,17). The van der Waals surface area contributed by atoms with Gasteiger partial charge in [-0.2, -0.15) is 0 Å². The van der Waals surface area contributed by atoms with Crippen molar-refractivity contribution in [2.24, 2.45) is 0 Å². The van der Waals surface area contributed by atoms with Crippen molar-refractivity contribution in [3.63, 3.8) is 0 Å². The van der Waals surface area contributed by atoms with Crippen LogP contribution in [0.3, 0.4) is 0 Å². The normalized spacial score (nSPS) is 11.6. The van der Waals surface area contributed by atoms with E-state index in [1.807, 2.05) is 0 Å². The van der Waals surface area contributed by atoms with Gasteiger partial charge in [0.25, 0.3) is 0 Å². The quantitative estimate of drug-likeness (QED) is 0.616. The van der Waals surface area contributed by atoms with Crippen molar-refractivity contribution in [2.45, 2.75) is 19.4 Å². The molecule has 0 spiro atoms. The van der Waals surface area contributed by atoms with E-state index in [1.54, 1.807) is 25.1 Å². The number of aliphatic carboxylic acids is 1. The Morgan fingerprint density at radius 3 is 2.83 bits per heavy atom. The van der Waals surface area contributed by atoms with Gasteiger partial charge in [-0.3, -0.25) is 4.79 Å². The second-order valence-electron chi connectivity index (χ2n) is 3.58. The molecule has 6 heteroatoms. The number of carboxylic acid groups (broad SMARTS) is 1. The number of amides is 1. The second kappa shape index (κ2) is 6.48. The Labute approximate surface area is 104 Å². The monoisotopic (exact) mass is 253 g/mol. The number of carbonyl (C=O) groups is 2. The molecule has 0 radical (unpaired) electrons. The number of aromatic hydroxyl groups is 1. The molecule has 0 aliphatic heterocycles. The zero-order valence-corrected chi connectivity index (χ0v) is 9.92. The van der Waals surface area contributed by atoms with Crippen LogP contribution in [0.25, 0.3) is 0 Å². The third kappa shape index (κ3) is 3.38. The molecule has 1 aromatic rings. The van der Waals surface area contributed by atoms with Crippen LogP contribution < -0.4 is 10.1 Å². The van der Waals surface area contributed by atoms with Crippen LogP contribution in [0, 0.1) is 0 Å². The highest BCUT2D eigenvalue weighted by Crippen LogP contribution is 2.30. The Kier molecular flexibility index (Phi) is 4.98. The van der Waals surface area contributed by atoms with Gasteiger partial charge in [0.1, 0.15) is 6.04 Å². The first-order valence-electron chi connectivity index (χ1n) is 5.46. The number of phenols is 1. The Bertz CT molecular complexity index is 432. The zero-order valence-electron chi connectivity index (χ0n) is 9.92. The van der Waals surface area contributed by atoms with E-state index in [1.165, 1.54) is 0 Å². The molecular weight excluding hydrogens is 238 g/mol. The molecule has 0 fully saturated rings. The van der Waals surface area contributed by atoms with Gasteiger partial charge in [0.15, 0.2) is 11.5 Å². The molecular formula is C12H15NO5. The summed E-state index contributed by atoms with van der Waals surface area (Å²) in [6.07, 6.45) is 0.309. The van der Waals surface area contributed by atoms with Crippen LogP contribution in [0.1, 0.15) is 12.5 Å². The molecule has 1 amide bonds. The maximum atomic E-state index is 10.9. The number of carboxylic acids is 1. The first-order chi connectivity index (χ1) is 8.60. The molecule has 1 atom stereocenters. The second-order valence-corrected chi connectivity index (χ2v) is 3.58. The van der Waals surface area contributed by atoms with Crippen molar-refractivity contribution in [1.82, 2.24) is 5.32 Å². The Morgan fingerprint density at radius 1 is 1.56 bits per heavy atom. The Balaban J connectivity index is 2.91. The minimum absolute atomic E-state index is 0.0131. The molecule has 0 aliphatic rings. The third-order valence-corrected chi connectivity index (χ3v) is 2.37. The summed E-state index contributed by atoms with van der Waals surface area (Å²) in [7, 11) is 0. The lowest BCUT2D eigenvalue weighted by Crippen LogP contribution is -2.37. The first-order valence-corrected chi connectivity index (χ1v) is 5.46. The van der Waals surface area contributed by atoms with Crippen molar-refractivity contribution < 1.29 is 24.5 Å². The van der Waals surface area contributed by atoms with Gasteiger partial charge in [-0.25, -0.2) is 4.79 Å². The molecule has 0 aliphatic carbocycles. The number of carbonyl (C=O) groups excluding carboxylic acids is 1. The lowest BCUT2D eigenvalue weighted by Gasteiger charge is -2.14. The summed E-state index contributed by atoms with van der Waals surface area (Å²) in [5.41, 5.74) is 0.405. The Morgan fingerprint density at radius 2 is 2.28 bits per heavy atom. The Hall–Kier alpha value is -2.24. The van der Waals surface area contributed by atoms with Crippen LogP contribution in [-0.4, -0.2) is 35.2 Å². The van der Waals surface area contributed by atoms with Gasteiger partial charge in [-0.05, 0) is 13.0 Å². The lowest BCUT2D eigenvalue weighted by molar-refractivity contribution is -0.140. The summed E-state index contributed by atoms with van der Waals surface area (Å²) < 4.78 is 5.19. The average molecular weight is 253 g/mol. The predicted molar refractivity (Wildman–Crippen MR) is 63.6 cm³/mol. The van der Waals surface area contributed by atoms with Crippen LogP contribution in [-0.2, 0) is 16.0 Å². The molecule has 1 aromatic carbocycles. The van der Waals surface area contributed by atoms with Crippen molar-refractivity contribution in [3.05, 3.63) is 23.8 Å². The van der Waals surface area contributed by atoms with E-state index < -0.39 is 12.0 Å². The molecule has 6 nitrogen and oxygen atoms in total. The van der Waals surface area contributed by atoms with Crippen LogP contribution in [0.4, 0.5) is 0 Å². The highest BCUT2D eigenvalue weighted by Gasteiger charge is 2.19. The molecule has 0 heterocycles. The summed E-state index contributed by atoms with van der Waals surface area (Å²) in [5, 5.41) is 21.0. The number of nitrogens with one attached hydrogen (secondary N) is 1. The van der Waals surface area contributed by atoms with Gasteiger partial charge in [0.05, 0.1) is 6.61 Å². The number of rotatable bonds is 7. The number of benzene rings is 1. The summed E-state index contributed by atoms with van der Waals surface area (Å²) in [4.78, 5) is 21.2. The maximum Gasteiger partial charge on any atom is 0.326 e.